The largest absolute Gasteiger partial charge is 0.504 e. The van der Waals surface area contributed by atoms with E-state index in [1.54, 1.807) is 18.2 Å². The van der Waals surface area contributed by atoms with E-state index in [4.69, 9.17) is 8.85 Å². The summed E-state index contributed by atoms with van der Waals surface area (Å²) in [7, 11) is -2.62. The molecule has 0 amide bonds. The smallest absolute Gasteiger partial charge is 0.161 e. The van der Waals surface area contributed by atoms with E-state index in [0.29, 0.717) is 5.56 Å². The monoisotopic (exact) mass is 240 g/mol. The quantitative estimate of drug-likeness (QED) is 0.799. The minimum Gasteiger partial charge on any atom is -0.504 e. The summed E-state index contributed by atoms with van der Waals surface area (Å²) in [5.41, 5.74) is 0.344. The van der Waals surface area contributed by atoms with E-state index in [1.807, 2.05) is 20.8 Å². The van der Waals surface area contributed by atoms with Crippen molar-refractivity contribution < 1.29 is 19.1 Å². The number of ether oxygens (including phenoxy) is 1. The van der Waals surface area contributed by atoms with E-state index < -0.39 is 13.1 Å². The van der Waals surface area contributed by atoms with E-state index in [9.17, 15) is 10.2 Å². The van der Waals surface area contributed by atoms with Gasteiger partial charge in [0.05, 0.1) is 17.3 Å². The molecule has 1 unspecified atom stereocenters. The summed E-state index contributed by atoms with van der Waals surface area (Å²) >= 11 is 0. The number of aliphatic hydroxyl groups is 1. The van der Waals surface area contributed by atoms with Crippen LogP contribution in [0.1, 0.15) is 30.4 Å². The van der Waals surface area contributed by atoms with Crippen LogP contribution in [0.4, 0.5) is 0 Å². The van der Waals surface area contributed by atoms with Crippen LogP contribution in [-0.4, -0.2) is 23.4 Å². The Balaban J connectivity index is 2.93. The topological polar surface area (TPSA) is 49.7 Å². The molecule has 0 aromatic heterocycles. The molecule has 1 aromatic rings. The van der Waals surface area contributed by atoms with Crippen molar-refractivity contribution in [3.05, 3.63) is 29.8 Å². The van der Waals surface area contributed by atoms with Crippen LogP contribution in [0, 0.1) is 5.41 Å². The zero-order valence-electron chi connectivity index (χ0n) is 13.3. The minimum atomic E-state index is -2.62. The Morgan fingerprint density at radius 1 is 1.41 bits per heavy atom. The van der Waals surface area contributed by atoms with Crippen LogP contribution in [0.2, 0.25) is 0 Å². The minimum absolute atomic E-state index is 0.114. The molecule has 0 aliphatic rings. The van der Waals surface area contributed by atoms with E-state index in [0.717, 1.165) is 0 Å². The van der Waals surface area contributed by atoms with E-state index in [1.165, 1.54) is 12.1 Å². The molecule has 0 saturated heterocycles. The molecular weight excluding hydrogens is 217 g/mol. The number of rotatable bonds is 3. The fourth-order valence-electron chi connectivity index (χ4n) is 1.21. The molecule has 1 atom stereocenters. The maximum atomic E-state index is 9.90. The number of phenolic OH excluding ortho intramolecular Hbond substituents is 1. The first kappa shape index (κ1) is 9.54. The summed E-state index contributed by atoms with van der Waals surface area (Å²) in [6.45, 7) is 5.71. The van der Waals surface area contributed by atoms with Crippen molar-refractivity contribution >= 4 is 6.08 Å². The Kier molecular flexibility index (Phi) is 2.94. The number of methoxy groups -OCH3 is 1. The predicted octanol–water partition coefficient (Wildman–Crippen LogP) is 2.82. The van der Waals surface area contributed by atoms with Crippen LogP contribution >= 0.6 is 0 Å². The van der Waals surface area contributed by atoms with Crippen LogP contribution in [0.25, 0.3) is 6.08 Å². The summed E-state index contributed by atoms with van der Waals surface area (Å²) < 4.78 is 25.8. The second kappa shape index (κ2) is 5.23. The number of hydrogen-bond acceptors (Lipinski definition) is 3. The van der Waals surface area contributed by atoms with Gasteiger partial charge >= 0.3 is 0 Å². The lowest BCUT2D eigenvalue weighted by molar-refractivity contribution is 0.106. The Bertz CT molecular complexity index is 487. The first-order valence-corrected chi connectivity index (χ1v) is 5.37. The molecule has 0 saturated carbocycles. The highest BCUT2D eigenvalue weighted by Crippen LogP contribution is 2.27. The highest BCUT2D eigenvalue weighted by molar-refractivity contribution is 5.55. The maximum Gasteiger partial charge on any atom is 0.161 e. The molecule has 0 fully saturated rings. The number of aromatic hydroxyl groups is 1. The van der Waals surface area contributed by atoms with Gasteiger partial charge in [0.1, 0.15) is 0 Å². The Labute approximate surface area is 107 Å². The van der Waals surface area contributed by atoms with Gasteiger partial charge in [0.25, 0.3) is 0 Å². The van der Waals surface area contributed by atoms with Crippen molar-refractivity contribution in [1.29, 1.82) is 0 Å². The van der Waals surface area contributed by atoms with Crippen molar-refractivity contribution in [3.8, 4) is 11.5 Å². The van der Waals surface area contributed by atoms with Gasteiger partial charge in [-0.3, -0.25) is 0 Å². The van der Waals surface area contributed by atoms with Crippen LogP contribution in [-0.2, 0) is 0 Å². The molecule has 0 heterocycles. The number of hydrogen-bond donors (Lipinski definition) is 2. The van der Waals surface area contributed by atoms with Crippen molar-refractivity contribution in [3.63, 3.8) is 0 Å². The molecule has 17 heavy (non-hydrogen) atoms. The Hall–Kier alpha value is -1.48. The Morgan fingerprint density at radius 2 is 2.12 bits per heavy atom. The first-order chi connectivity index (χ1) is 8.99. The van der Waals surface area contributed by atoms with Crippen molar-refractivity contribution in [2.45, 2.75) is 26.9 Å². The molecular formula is C14H20O3. The summed E-state index contributed by atoms with van der Waals surface area (Å²) in [6, 6.07) is 4.37. The van der Waals surface area contributed by atoms with Gasteiger partial charge in [-0.2, -0.15) is 0 Å². The third-order valence-corrected chi connectivity index (χ3v) is 2.45. The molecule has 0 radical (unpaired) electrons. The second-order valence-electron chi connectivity index (χ2n) is 5.00. The fraction of sp³-hybridized carbons (Fsp3) is 0.429. The van der Waals surface area contributed by atoms with Gasteiger partial charge in [0.2, 0.25) is 0 Å². The van der Waals surface area contributed by atoms with E-state index >= 15 is 0 Å². The third kappa shape index (κ3) is 3.79. The van der Waals surface area contributed by atoms with E-state index in [-0.39, 0.29) is 16.9 Å². The molecule has 1 rings (SSSR count). The van der Waals surface area contributed by atoms with Crippen LogP contribution in [0.15, 0.2) is 24.3 Å². The predicted molar refractivity (Wildman–Crippen MR) is 69.2 cm³/mol. The van der Waals surface area contributed by atoms with Crippen LogP contribution in [0.3, 0.4) is 0 Å². The third-order valence-electron chi connectivity index (χ3n) is 2.45. The average molecular weight is 240 g/mol. The number of benzene rings is 1. The molecule has 3 nitrogen and oxygen atoms in total. The molecule has 3 heteroatoms. The molecule has 0 bridgehead atoms. The molecule has 94 valence electrons. The normalized spacial score (nSPS) is 17.3. The molecule has 2 N–H and O–H groups in total. The van der Waals surface area contributed by atoms with Gasteiger partial charge in [0, 0.05) is 0 Å². The van der Waals surface area contributed by atoms with Gasteiger partial charge in [-0.25, -0.2) is 0 Å². The maximum absolute atomic E-state index is 9.90. The lowest BCUT2D eigenvalue weighted by Crippen LogP contribution is -2.23. The molecule has 1 aromatic carbocycles. The highest BCUT2D eigenvalue weighted by Gasteiger charge is 2.18. The van der Waals surface area contributed by atoms with Gasteiger partial charge < -0.3 is 14.9 Å². The van der Waals surface area contributed by atoms with Crippen molar-refractivity contribution in [2.75, 3.05) is 7.04 Å². The van der Waals surface area contributed by atoms with Crippen molar-refractivity contribution in [1.82, 2.24) is 0 Å². The second-order valence-corrected chi connectivity index (χ2v) is 5.00. The standard InChI is InChI=1S/C14H20O3/c1-14(2,3)13(16)8-6-10-5-7-11(15)12(9-10)17-4/h5-9,13,15-16H,1-4H3/i4+1D3. The number of phenols is 1. The number of aliphatic hydroxyl groups excluding tert-OH is 1. The first-order valence-electron chi connectivity index (χ1n) is 6.87. The van der Waals surface area contributed by atoms with Gasteiger partial charge in [-0.1, -0.05) is 39.0 Å². The van der Waals surface area contributed by atoms with Gasteiger partial charge in [0.15, 0.2) is 11.5 Å². The lowest BCUT2D eigenvalue weighted by Gasteiger charge is -2.22. The van der Waals surface area contributed by atoms with Gasteiger partial charge in [-0.05, 0) is 23.1 Å². The van der Waals surface area contributed by atoms with Crippen LogP contribution in [0.5, 0.6) is 11.5 Å². The average Bonchev–Trinajstić information content (AvgIpc) is 2.26. The zero-order chi connectivity index (χ0) is 15.6. The zero-order valence-corrected chi connectivity index (χ0v) is 10.3. The lowest BCUT2D eigenvalue weighted by atomic mass is 9.89. The molecule has 0 aliphatic heterocycles. The summed E-state index contributed by atoms with van der Waals surface area (Å²) in [5.74, 6) is -0.355. The summed E-state index contributed by atoms with van der Waals surface area (Å²) in [4.78, 5) is 0. The van der Waals surface area contributed by atoms with Crippen LogP contribution < -0.4 is 4.74 Å². The van der Waals surface area contributed by atoms with E-state index in [2.05, 4.69) is 0 Å². The SMILES string of the molecule is [2H][13C]([2H])([2H])Oc1cc(C=CC(O)C(C)(C)C)ccc1O. The molecule has 0 spiro atoms. The summed E-state index contributed by atoms with van der Waals surface area (Å²) in [6.07, 6.45) is 2.64. The van der Waals surface area contributed by atoms with Crippen molar-refractivity contribution in [2.24, 2.45) is 5.41 Å². The highest BCUT2D eigenvalue weighted by atomic mass is 16.5. The van der Waals surface area contributed by atoms with Gasteiger partial charge in [-0.15, -0.1) is 0 Å². The Morgan fingerprint density at radius 3 is 2.71 bits per heavy atom. The fourth-order valence-corrected chi connectivity index (χ4v) is 1.21. The summed E-state index contributed by atoms with van der Waals surface area (Å²) in [5, 5.41) is 19.5. The molecule has 0 aliphatic carbocycles.